The number of morpholine rings is 1. The molecule has 9 nitrogen and oxygen atoms in total. The predicted molar refractivity (Wildman–Crippen MR) is 116 cm³/mol. The summed E-state index contributed by atoms with van der Waals surface area (Å²) in [6.07, 6.45) is 3.73. The summed E-state index contributed by atoms with van der Waals surface area (Å²) < 4.78 is 6.37. The van der Waals surface area contributed by atoms with Gasteiger partial charge in [-0.05, 0) is 31.0 Å². The van der Waals surface area contributed by atoms with E-state index in [-0.39, 0.29) is 5.92 Å². The smallest absolute Gasteiger partial charge is 0.186 e. The minimum absolute atomic E-state index is 0.0711. The number of thiazole rings is 1. The first kappa shape index (κ1) is 19.0. The topological polar surface area (TPSA) is 103 Å². The van der Waals surface area contributed by atoms with Crippen LogP contribution in [-0.4, -0.2) is 59.6 Å². The molecule has 1 N–H and O–H groups in total. The Hall–Kier alpha value is -3.03. The van der Waals surface area contributed by atoms with Crippen molar-refractivity contribution < 1.29 is 4.74 Å². The Morgan fingerprint density at radius 3 is 2.83 bits per heavy atom. The van der Waals surface area contributed by atoms with Crippen LogP contribution in [0.2, 0.25) is 0 Å². The lowest BCUT2D eigenvalue weighted by atomic mass is 10.0. The Morgan fingerprint density at radius 2 is 2.03 bits per heavy atom. The van der Waals surface area contributed by atoms with E-state index in [0.717, 1.165) is 66.0 Å². The van der Waals surface area contributed by atoms with Crippen LogP contribution in [0.25, 0.3) is 10.2 Å². The fraction of sp³-hybridized carbons (Fsp3) is 0.450. The average Bonchev–Trinajstić information content (AvgIpc) is 3.26. The molecule has 0 saturated carbocycles. The Bertz CT molecular complexity index is 1060. The maximum absolute atomic E-state index is 9.27. The molecule has 0 aromatic carbocycles. The van der Waals surface area contributed by atoms with Crippen molar-refractivity contribution in [3.63, 3.8) is 0 Å². The lowest BCUT2D eigenvalue weighted by molar-refractivity contribution is 0.122. The van der Waals surface area contributed by atoms with Crippen molar-refractivity contribution in [2.45, 2.75) is 12.8 Å². The molecule has 0 bridgehead atoms. The van der Waals surface area contributed by atoms with Crippen molar-refractivity contribution in [1.82, 2.24) is 20.2 Å². The number of anilines is 4. The van der Waals surface area contributed by atoms with Gasteiger partial charge in [0.2, 0.25) is 0 Å². The molecular formula is C20H22N8OS. The van der Waals surface area contributed by atoms with E-state index in [1.165, 1.54) is 0 Å². The van der Waals surface area contributed by atoms with E-state index in [1.54, 1.807) is 17.5 Å². The maximum Gasteiger partial charge on any atom is 0.186 e. The van der Waals surface area contributed by atoms with Crippen LogP contribution < -0.4 is 15.1 Å². The number of pyridine rings is 1. The van der Waals surface area contributed by atoms with Gasteiger partial charge in [0, 0.05) is 32.4 Å². The highest BCUT2D eigenvalue weighted by Crippen LogP contribution is 2.35. The highest BCUT2D eigenvalue weighted by atomic mass is 32.1. The fourth-order valence-corrected chi connectivity index (χ4v) is 4.84. The normalized spacial score (nSPS) is 19.6. The molecule has 30 heavy (non-hydrogen) atoms. The van der Waals surface area contributed by atoms with Gasteiger partial charge in [0.15, 0.2) is 22.6 Å². The molecule has 1 unspecified atom stereocenters. The van der Waals surface area contributed by atoms with Gasteiger partial charge in [-0.2, -0.15) is 5.26 Å². The molecule has 1 atom stereocenters. The third-order valence-corrected chi connectivity index (χ3v) is 6.54. The van der Waals surface area contributed by atoms with Crippen LogP contribution in [-0.2, 0) is 4.74 Å². The van der Waals surface area contributed by atoms with E-state index in [0.29, 0.717) is 19.0 Å². The van der Waals surface area contributed by atoms with Crippen molar-refractivity contribution >= 4 is 44.1 Å². The zero-order valence-electron chi connectivity index (χ0n) is 16.5. The van der Waals surface area contributed by atoms with Crippen LogP contribution in [0.5, 0.6) is 0 Å². The lowest BCUT2D eigenvalue weighted by Crippen LogP contribution is -2.36. The molecule has 154 valence electrons. The number of hydrogen-bond acceptors (Lipinski definition) is 10. The van der Waals surface area contributed by atoms with Crippen molar-refractivity contribution in [1.29, 1.82) is 5.26 Å². The van der Waals surface area contributed by atoms with Crippen LogP contribution >= 0.6 is 11.3 Å². The molecule has 0 aliphatic carbocycles. The molecular weight excluding hydrogens is 400 g/mol. The quantitative estimate of drug-likeness (QED) is 0.680. The number of rotatable bonds is 4. The van der Waals surface area contributed by atoms with Gasteiger partial charge in [0.05, 0.1) is 35.4 Å². The fourth-order valence-electron chi connectivity index (χ4n) is 3.80. The summed E-state index contributed by atoms with van der Waals surface area (Å²) >= 11 is 1.60. The number of ether oxygens (including phenoxy) is 1. The van der Waals surface area contributed by atoms with Crippen molar-refractivity contribution in [3.8, 4) is 6.07 Å². The zero-order valence-corrected chi connectivity index (χ0v) is 17.3. The van der Waals surface area contributed by atoms with Gasteiger partial charge in [-0.1, -0.05) is 11.3 Å². The molecule has 2 aliphatic rings. The van der Waals surface area contributed by atoms with E-state index < -0.39 is 0 Å². The van der Waals surface area contributed by atoms with Crippen LogP contribution in [0.15, 0.2) is 24.4 Å². The first-order chi connectivity index (χ1) is 14.8. The summed E-state index contributed by atoms with van der Waals surface area (Å²) in [5.41, 5.74) is 0.893. The molecule has 2 aliphatic heterocycles. The number of nitriles is 1. The van der Waals surface area contributed by atoms with Crippen LogP contribution in [0, 0.1) is 17.2 Å². The van der Waals surface area contributed by atoms with Gasteiger partial charge in [-0.15, -0.1) is 10.2 Å². The summed E-state index contributed by atoms with van der Waals surface area (Å²) in [5.74, 6) is 2.29. The monoisotopic (exact) mass is 422 g/mol. The van der Waals surface area contributed by atoms with Crippen LogP contribution in [0.4, 0.5) is 22.6 Å². The molecule has 3 aromatic rings. The molecule has 0 spiro atoms. The average molecular weight is 423 g/mol. The highest BCUT2D eigenvalue weighted by Gasteiger charge is 2.23. The third-order valence-electron chi connectivity index (χ3n) is 5.40. The van der Waals surface area contributed by atoms with E-state index in [1.807, 2.05) is 18.2 Å². The van der Waals surface area contributed by atoms with Gasteiger partial charge in [0.1, 0.15) is 0 Å². The van der Waals surface area contributed by atoms with Gasteiger partial charge in [-0.25, -0.2) is 9.97 Å². The van der Waals surface area contributed by atoms with Gasteiger partial charge in [0.25, 0.3) is 0 Å². The summed E-state index contributed by atoms with van der Waals surface area (Å²) in [5, 5.41) is 22.2. The minimum atomic E-state index is 0.0711. The number of aromatic nitrogens is 4. The molecule has 0 radical (unpaired) electrons. The van der Waals surface area contributed by atoms with Gasteiger partial charge < -0.3 is 19.9 Å². The van der Waals surface area contributed by atoms with E-state index in [9.17, 15) is 5.26 Å². The molecule has 0 amide bonds. The largest absolute Gasteiger partial charge is 0.378 e. The molecule has 3 aromatic heterocycles. The van der Waals surface area contributed by atoms with Gasteiger partial charge in [-0.3, -0.25) is 0 Å². The number of piperidine rings is 1. The molecule has 5 rings (SSSR count). The van der Waals surface area contributed by atoms with E-state index in [4.69, 9.17) is 9.72 Å². The van der Waals surface area contributed by atoms with Crippen molar-refractivity contribution in [3.05, 3.63) is 24.4 Å². The number of nitrogens with zero attached hydrogens (tertiary/aromatic N) is 7. The molecule has 2 saturated heterocycles. The first-order valence-corrected chi connectivity index (χ1v) is 11.0. The molecule has 10 heteroatoms. The minimum Gasteiger partial charge on any atom is -0.378 e. The van der Waals surface area contributed by atoms with Crippen LogP contribution in [0.1, 0.15) is 12.8 Å². The standard InChI is InChI=1S/C20H22N8OS/c21-12-14-2-1-7-28(13-14)20-23-15-5-6-22-19(18(15)30-20)24-16-3-4-17(26-25-16)27-8-10-29-11-9-27/h3-6,14H,1-2,7-11,13H2,(H,22,24,25). The number of hydrogen-bond donors (Lipinski definition) is 1. The predicted octanol–water partition coefficient (Wildman–Crippen LogP) is 2.80. The Morgan fingerprint density at radius 1 is 1.13 bits per heavy atom. The number of fused-ring (bicyclic) bond motifs is 1. The zero-order chi connectivity index (χ0) is 20.3. The van der Waals surface area contributed by atoms with Crippen molar-refractivity contribution in [2.75, 3.05) is 54.5 Å². The van der Waals surface area contributed by atoms with Crippen LogP contribution in [0.3, 0.4) is 0 Å². The SMILES string of the molecule is N#CC1CCCN(c2nc3ccnc(Nc4ccc(N5CCOCC5)nn4)c3s2)C1. The molecule has 2 fully saturated rings. The Kier molecular flexibility index (Phi) is 5.29. The second-order valence-corrected chi connectivity index (χ2v) is 8.40. The summed E-state index contributed by atoms with van der Waals surface area (Å²) in [4.78, 5) is 13.7. The summed E-state index contributed by atoms with van der Waals surface area (Å²) in [6.45, 7) is 4.76. The summed E-state index contributed by atoms with van der Waals surface area (Å²) in [7, 11) is 0. The summed E-state index contributed by atoms with van der Waals surface area (Å²) in [6, 6.07) is 8.20. The van der Waals surface area contributed by atoms with Crippen molar-refractivity contribution in [2.24, 2.45) is 5.92 Å². The van der Waals surface area contributed by atoms with E-state index >= 15 is 0 Å². The highest BCUT2D eigenvalue weighted by molar-refractivity contribution is 7.22. The second-order valence-electron chi connectivity index (χ2n) is 7.42. The molecule has 5 heterocycles. The van der Waals surface area contributed by atoms with E-state index in [2.05, 4.69) is 36.4 Å². The lowest BCUT2D eigenvalue weighted by Gasteiger charge is -2.28. The third kappa shape index (κ3) is 3.86. The Labute approximate surface area is 178 Å². The maximum atomic E-state index is 9.27. The van der Waals surface area contributed by atoms with Gasteiger partial charge >= 0.3 is 0 Å². The number of nitrogens with one attached hydrogen (secondary N) is 1. The Balaban J connectivity index is 1.35. The first-order valence-electron chi connectivity index (χ1n) is 10.1. The second kappa shape index (κ2) is 8.38.